The summed E-state index contributed by atoms with van der Waals surface area (Å²) in [6.07, 6.45) is -2.67. The molecule has 2 rings (SSSR count). The van der Waals surface area contributed by atoms with Crippen molar-refractivity contribution in [1.82, 2.24) is 9.97 Å². The average Bonchev–Trinajstić information content (AvgIpc) is 2.42. The Bertz CT molecular complexity index is 688. The fraction of sp³-hybridized carbons (Fsp3) is 0.333. The van der Waals surface area contributed by atoms with Crippen molar-refractivity contribution < 1.29 is 13.2 Å². The van der Waals surface area contributed by atoms with Gasteiger partial charge in [-0.1, -0.05) is 31.3 Å². The fourth-order valence-electron chi connectivity index (χ4n) is 2.05. The summed E-state index contributed by atoms with van der Waals surface area (Å²) in [5, 5.41) is 0. The van der Waals surface area contributed by atoms with E-state index in [1.807, 2.05) is 13.8 Å². The molecule has 0 atom stereocenters. The van der Waals surface area contributed by atoms with E-state index >= 15 is 0 Å². The lowest BCUT2D eigenvalue weighted by molar-refractivity contribution is -0.137. The molecule has 0 bridgehead atoms. The zero-order valence-electron chi connectivity index (χ0n) is 11.7. The Hall–Kier alpha value is -1.69. The van der Waals surface area contributed by atoms with Gasteiger partial charge in [0.25, 0.3) is 0 Å². The van der Waals surface area contributed by atoms with Gasteiger partial charge in [0.1, 0.15) is 10.5 Å². The standard InChI is InChI=1S/C15H15F3N2S/c1-3-4-12-19-13(9(2)14(21)20-12)10-5-7-11(8-6-10)15(16,17)18/h5-8H,3-4H2,1-2H3,(H,19,20,21). The second-order valence-electron chi connectivity index (χ2n) is 4.81. The van der Waals surface area contributed by atoms with Crippen LogP contribution in [0, 0.1) is 11.6 Å². The number of hydrogen-bond donors (Lipinski definition) is 1. The average molecular weight is 312 g/mol. The van der Waals surface area contributed by atoms with Crippen molar-refractivity contribution in [2.75, 3.05) is 0 Å². The summed E-state index contributed by atoms with van der Waals surface area (Å²) in [6.45, 7) is 3.84. The number of alkyl halides is 3. The predicted octanol–water partition coefficient (Wildman–Crippen LogP) is 5.09. The molecule has 0 saturated heterocycles. The predicted molar refractivity (Wildman–Crippen MR) is 78.6 cm³/mol. The first-order valence-corrected chi connectivity index (χ1v) is 7.01. The highest BCUT2D eigenvalue weighted by molar-refractivity contribution is 7.71. The number of aromatic nitrogens is 2. The Morgan fingerprint density at radius 1 is 1.19 bits per heavy atom. The highest BCUT2D eigenvalue weighted by atomic mass is 32.1. The van der Waals surface area contributed by atoms with Gasteiger partial charge in [-0.25, -0.2) is 4.98 Å². The van der Waals surface area contributed by atoms with Gasteiger partial charge in [0, 0.05) is 12.0 Å². The van der Waals surface area contributed by atoms with Gasteiger partial charge >= 0.3 is 6.18 Å². The first-order valence-electron chi connectivity index (χ1n) is 6.60. The molecule has 0 aliphatic heterocycles. The molecule has 112 valence electrons. The summed E-state index contributed by atoms with van der Waals surface area (Å²) >= 11 is 5.22. The smallest absolute Gasteiger partial charge is 0.343 e. The van der Waals surface area contributed by atoms with E-state index < -0.39 is 11.7 Å². The van der Waals surface area contributed by atoms with Crippen LogP contribution in [-0.2, 0) is 12.6 Å². The van der Waals surface area contributed by atoms with Gasteiger partial charge in [-0.15, -0.1) is 0 Å². The molecule has 0 fully saturated rings. The van der Waals surface area contributed by atoms with Crippen LogP contribution in [0.15, 0.2) is 24.3 Å². The third kappa shape index (κ3) is 3.50. The molecule has 0 amide bonds. The van der Waals surface area contributed by atoms with E-state index in [4.69, 9.17) is 12.2 Å². The fourth-order valence-corrected chi connectivity index (χ4v) is 2.26. The highest BCUT2D eigenvalue weighted by Crippen LogP contribution is 2.31. The van der Waals surface area contributed by atoms with Gasteiger partial charge in [-0.2, -0.15) is 13.2 Å². The van der Waals surface area contributed by atoms with E-state index in [0.29, 0.717) is 10.2 Å². The molecule has 0 saturated carbocycles. The SMILES string of the molecule is CCCc1nc(=S)c(C)c(-c2ccc(C(F)(F)F)cc2)[nH]1. The van der Waals surface area contributed by atoms with Gasteiger partial charge in [0.15, 0.2) is 0 Å². The molecule has 1 aromatic heterocycles. The lowest BCUT2D eigenvalue weighted by Gasteiger charge is -2.11. The van der Waals surface area contributed by atoms with Crippen LogP contribution in [-0.4, -0.2) is 9.97 Å². The topological polar surface area (TPSA) is 28.7 Å². The van der Waals surface area contributed by atoms with Crippen LogP contribution in [0.4, 0.5) is 13.2 Å². The van der Waals surface area contributed by atoms with Crippen molar-refractivity contribution in [3.8, 4) is 11.3 Å². The summed E-state index contributed by atoms with van der Waals surface area (Å²) in [5.41, 5.74) is 1.51. The molecular formula is C15H15F3N2S. The first kappa shape index (κ1) is 15.7. The zero-order chi connectivity index (χ0) is 15.6. The monoisotopic (exact) mass is 312 g/mol. The number of aryl methyl sites for hydroxylation is 1. The Balaban J connectivity index is 2.48. The van der Waals surface area contributed by atoms with Crippen molar-refractivity contribution in [3.05, 3.63) is 45.9 Å². The van der Waals surface area contributed by atoms with Gasteiger partial charge < -0.3 is 4.98 Å². The molecule has 0 aliphatic carbocycles. The number of nitrogens with one attached hydrogen (secondary N) is 1. The zero-order valence-corrected chi connectivity index (χ0v) is 12.5. The molecule has 2 aromatic rings. The van der Waals surface area contributed by atoms with Gasteiger partial charge in [-0.05, 0) is 31.0 Å². The number of hydrogen-bond acceptors (Lipinski definition) is 2. The van der Waals surface area contributed by atoms with E-state index in [1.165, 1.54) is 12.1 Å². The normalized spacial score (nSPS) is 11.7. The van der Waals surface area contributed by atoms with E-state index in [0.717, 1.165) is 42.1 Å². The van der Waals surface area contributed by atoms with E-state index in [9.17, 15) is 13.2 Å². The largest absolute Gasteiger partial charge is 0.416 e. The third-order valence-corrected chi connectivity index (χ3v) is 3.59. The van der Waals surface area contributed by atoms with Crippen molar-refractivity contribution >= 4 is 12.2 Å². The Morgan fingerprint density at radius 2 is 1.81 bits per heavy atom. The van der Waals surface area contributed by atoms with Gasteiger partial charge in [0.05, 0.1) is 11.3 Å². The van der Waals surface area contributed by atoms with Crippen LogP contribution in [0.1, 0.15) is 30.3 Å². The maximum absolute atomic E-state index is 12.6. The lowest BCUT2D eigenvalue weighted by Crippen LogP contribution is -2.05. The Morgan fingerprint density at radius 3 is 2.33 bits per heavy atom. The summed E-state index contributed by atoms with van der Waals surface area (Å²) in [5.74, 6) is 0.753. The molecule has 2 nitrogen and oxygen atoms in total. The molecule has 0 spiro atoms. The molecule has 1 N–H and O–H groups in total. The summed E-state index contributed by atoms with van der Waals surface area (Å²) < 4.78 is 38.3. The Labute approximate surface area is 126 Å². The number of aromatic amines is 1. The lowest BCUT2D eigenvalue weighted by atomic mass is 10.1. The minimum absolute atomic E-state index is 0.479. The van der Waals surface area contributed by atoms with Gasteiger partial charge in [0.2, 0.25) is 0 Å². The number of H-pyrrole nitrogens is 1. The van der Waals surface area contributed by atoms with Crippen molar-refractivity contribution in [2.45, 2.75) is 32.9 Å². The van der Waals surface area contributed by atoms with Crippen LogP contribution < -0.4 is 0 Å². The maximum atomic E-state index is 12.6. The molecule has 0 radical (unpaired) electrons. The first-order chi connectivity index (χ1) is 9.82. The van der Waals surface area contributed by atoms with Crippen LogP contribution in [0.5, 0.6) is 0 Å². The second kappa shape index (κ2) is 5.97. The minimum atomic E-state index is -4.33. The molecule has 21 heavy (non-hydrogen) atoms. The van der Waals surface area contributed by atoms with Gasteiger partial charge in [-0.3, -0.25) is 0 Å². The molecule has 1 heterocycles. The number of nitrogens with zero attached hydrogens (tertiary/aromatic N) is 1. The Kier molecular flexibility index (Phi) is 4.46. The number of rotatable bonds is 3. The second-order valence-corrected chi connectivity index (χ2v) is 5.20. The molecule has 0 aliphatic rings. The summed E-state index contributed by atoms with van der Waals surface area (Å²) in [6, 6.07) is 5.05. The van der Waals surface area contributed by atoms with Crippen LogP contribution >= 0.6 is 12.2 Å². The van der Waals surface area contributed by atoms with Crippen LogP contribution in [0.3, 0.4) is 0 Å². The molecular weight excluding hydrogens is 297 g/mol. The molecule has 0 unspecified atom stereocenters. The quantitative estimate of drug-likeness (QED) is 0.800. The third-order valence-electron chi connectivity index (χ3n) is 3.19. The van der Waals surface area contributed by atoms with E-state index in [1.54, 1.807) is 0 Å². The maximum Gasteiger partial charge on any atom is 0.416 e. The summed E-state index contributed by atoms with van der Waals surface area (Å²) in [7, 11) is 0. The van der Waals surface area contributed by atoms with Crippen molar-refractivity contribution in [1.29, 1.82) is 0 Å². The molecule has 6 heteroatoms. The van der Waals surface area contributed by atoms with E-state index in [-0.39, 0.29) is 0 Å². The number of benzene rings is 1. The summed E-state index contributed by atoms with van der Waals surface area (Å²) in [4.78, 5) is 7.45. The minimum Gasteiger partial charge on any atom is -0.343 e. The number of halogens is 3. The van der Waals surface area contributed by atoms with Crippen LogP contribution in [0.25, 0.3) is 11.3 Å². The van der Waals surface area contributed by atoms with Crippen molar-refractivity contribution in [3.63, 3.8) is 0 Å². The molecule has 1 aromatic carbocycles. The van der Waals surface area contributed by atoms with Crippen LogP contribution in [0.2, 0.25) is 0 Å². The van der Waals surface area contributed by atoms with E-state index in [2.05, 4.69) is 9.97 Å². The highest BCUT2D eigenvalue weighted by Gasteiger charge is 2.30. The van der Waals surface area contributed by atoms with Crippen molar-refractivity contribution in [2.24, 2.45) is 0 Å².